The molecule has 0 N–H and O–H groups in total. The normalized spacial score (nSPS) is 13.0. The summed E-state index contributed by atoms with van der Waals surface area (Å²) in [4.78, 5) is 12.7. The van der Waals surface area contributed by atoms with Gasteiger partial charge < -0.3 is 4.42 Å². The van der Waals surface area contributed by atoms with Gasteiger partial charge in [-0.15, -0.1) is 0 Å². The first-order valence-corrected chi connectivity index (χ1v) is 7.63. The molecule has 8 heteroatoms. The number of rotatable bonds is 0. The minimum atomic E-state index is -4.75. The Labute approximate surface area is 146 Å². The number of hydrogen-bond acceptors (Lipinski definition) is 2. The van der Waals surface area contributed by atoms with E-state index in [0.29, 0.717) is 0 Å². The fourth-order valence-electron chi connectivity index (χ4n) is 3.05. The smallest absolute Gasteiger partial charge is 0.417 e. The molecule has 0 saturated heterocycles. The maximum Gasteiger partial charge on any atom is 0.417 e. The lowest BCUT2D eigenvalue weighted by molar-refractivity contribution is -0.137. The predicted octanol–water partition coefficient (Wildman–Crippen LogP) is 6.14. The van der Waals surface area contributed by atoms with Crippen molar-refractivity contribution < 1.29 is 30.8 Å². The first-order valence-electron chi connectivity index (χ1n) is 7.63. The first-order chi connectivity index (χ1) is 12.6. The zero-order chi connectivity index (χ0) is 19.6. The highest BCUT2D eigenvalue weighted by Crippen LogP contribution is 2.36. The van der Waals surface area contributed by atoms with E-state index in [4.69, 9.17) is 4.42 Å². The van der Waals surface area contributed by atoms with Crippen molar-refractivity contribution in [3.8, 4) is 0 Å². The molecule has 0 fully saturated rings. The van der Waals surface area contributed by atoms with Gasteiger partial charge >= 0.3 is 12.4 Å². The molecule has 0 atom stereocenters. The third-order valence-electron chi connectivity index (χ3n) is 4.29. The molecule has 0 spiro atoms. The molecule has 0 unspecified atom stereocenters. The Morgan fingerprint density at radius 1 is 0.741 bits per heavy atom. The molecule has 2 nitrogen and oxygen atoms in total. The van der Waals surface area contributed by atoms with E-state index >= 15 is 0 Å². The van der Waals surface area contributed by atoms with Crippen LogP contribution in [0, 0.1) is 0 Å². The lowest BCUT2D eigenvalue weighted by Gasteiger charge is -2.11. The van der Waals surface area contributed by atoms with Gasteiger partial charge in [-0.2, -0.15) is 26.3 Å². The van der Waals surface area contributed by atoms with E-state index in [9.17, 15) is 31.1 Å². The second kappa shape index (κ2) is 5.48. The molecule has 0 bridgehead atoms. The average Bonchev–Trinajstić information content (AvgIpc) is 2.58. The molecule has 0 aliphatic heterocycles. The van der Waals surface area contributed by atoms with Crippen LogP contribution in [0.5, 0.6) is 0 Å². The van der Waals surface area contributed by atoms with E-state index in [1.165, 1.54) is 18.2 Å². The standard InChI is InChI=1S/C19H8F6O2/c20-18(21,22)11-5-4-9-7-12-15(8-10(9)6-11)27-14-3-1-2-13(19(23,24)25)16(14)17(12)26/h1-8H. The van der Waals surface area contributed by atoms with E-state index < -0.39 is 34.3 Å². The second-order valence-corrected chi connectivity index (χ2v) is 6.02. The highest BCUT2D eigenvalue weighted by molar-refractivity contribution is 6.00. The summed E-state index contributed by atoms with van der Waals surface area (Å²) in [6, 6.07) is 8.45. The largest absolute Gasteiger partial charge is 0.456 e. The Kier molecular flexibility index (Phi) is 3.53. The Morgan fingerprint density at radius 2 is 1.48 bits per heavy atom. The van der Waals surface area contributed by atoms with Crippen molar-refractivity contribution in [1.29, 1.82) is 0 Å². The number of benzene rings is 3. The van der Waals surface area contributed by atoms with E-state index in [0.717, 1.165) is 30.3 Å². The lowest BCUT2D eigenvalue weighted by atomic mass is 10.0. The molecular weight excluding hydrogens is 374 g/mol. The molecule has 0 saturated carbocycles. The molecule has 27 heavy (non-hydrogen) atoms. The highest BCUT2D eigenvalue weighted by atomic mass is 19.4. The van der Waals surface area contributed by atoms with Crippen molar-refractivity contribution >= 4 is 32.7 Å². The summed E-state index contributed by atoms with van der Waals surface area (Å²) < 4.78 is 83.7. The lowest BCUT2D eigenvalue weighted by Crippen LogP contribution is -2.12. The topological polar surface area (TPSA) is 30.2 Å². The Bertz CT molecular complexity index is 1260. The minimum Gasteiger partial charge on any atom is -0.456 e. The summed E-state index contributed by atoms with van der Waals surface area (Å²) in [6.07, 6.45) is -9.30. The average molecular weight is 382 g/mol. The summed E-state index contributed by atoms with van der Waals surface area (Å²) in [7, 11) is 0. The Hall–Kier alpha value is -3.03. The number of hydrogen-bond donors (Lipinski definition) is 0. The van der Waals surface area contributed by atoms with Crippen LogP contribution < -0.4 is 5.43 Å². The van der Waals surface area contributed by atoms with Crippen LogP contribution in [0.15, 0.2) is 57.7 Å². The molecule has 4 rings (SSSR count). The van der Waals surface area contributed by atoms with Crippen LogP contribution >= 0.6 is 0 Å². The minimum absolute atomic E-state index is 0.0846. The third kappa shape index (κ3) is 2.81. The van der Waals surface area contributed by atoms with Crippen LogP contribution in [0.25, 0.3) is 32.7 Å². The van der Waals surface area contributed by atoms with E-state index in [2.05, 4.69) is 0 Å². The quantitative estimate of drug-likeness (QED) is 0.270. The van der Waals surface area contributed by atoms with Crippen LogP contribution in [-0.4, -0.2) is 0 Å². The predicted molar refractivity (Wildman–Crippen MR) is 87.5 cm³/mol. The summed E-state index contributed by atoms with van der Waals surface area (Å²) in [5.74, 6) is 0. The van der Waals surface area contributed by atoms with Gasteiger partial charge in [0.25, 0.3) is 0 Å². The molecule has 1 aromatic heterocycles. The van der Waals surface area contributed by atoms with Crippen molar-refractivity contribution in [2.75, 3.05) is 0 Å². The van der Waals surface area contributed by atoms with E-state index in [1.807, 2.05) is 0 Å². The second-order valence-electron chi connectivity index (χ2n) is 6.02. The van der Waals surface area contributed by atoms with Gasteiger partial charge in [-0.1, -0.05) is 12.1 Å². The molecule has 1 heterocycles. The SMILES string of the molecule is O=c1c2cc3ccc(C(F)(F)F)cc3cc2oc2cccc(C(F)(F)F)c12. The van der Waals surface area contributed by atoms with Crippen LogP contribution in [0.3, 0.4) is 0 Å². The van der Waals surface area contributed by atoms with Gasteiger partial charge in [-0.05, 0) is 47.2 Å². The fraction of sp³-hybridized carbons (Fsp3) is 0.105. The molecule has 4 aromatic rings. The van der Waals surface area contributed by atoms with Crippen LogP contribution in [0.2, 0.25) is 0 Å². The van der Waals surface area contributed by atoms with Gasteiger partial charge in [0.2, 0.25) is 5.43 Å². The van der Waals surface area contributed by atoms with Gasteiger partial charge in [0.05, 0.1) is 21.9 Å². The number of fused-ring (bicyclic) bond motifs is 3. The molecule has 3 aromatic carbocycles. The van der Waals surface area contributed by atoms with Crippen LogP contribution in [0.1, 0.15) is 11.1 Å². The summed E-state index contributed by atoms with van der Waals surface area (Å²) in [5, 5.41) is -0.298. The van der Waals surface area contributed by atoms with Crippen molar-refractivity contribution in [2.45, 2.75) is 12.4 Å². The van der Waals surface area contributed by atoms with Crippen molar-refractivity contribution in [2.24, 2.45) is 0 Å². The molecular formula is C19H8F6O2. The van der Waals surface area contributed by atoms with Gasteiger partial charge in [-0.3, -0.25) is 4.79 Å². The van der Waals surface area contributed by atoms with Crippen LogP contribution in [0.4, 0.5) is 26.3 Å². The molecule has 0 amide bonds. The van der Waals surface area contributed by atoms with Gasteiger partial charge in [0.1, 0.15) is 11.2 Å². The molecule has 0 aliphatic rings. The number of alkyl halides is 6. The van der Waals surface area contributed by atoms with Gasteiger partial charge in [-0.25, -0.2) is 0 Å². The monoisotopic (exact) mass is 382 g/mol. The third-order valence-corrected chi connectivity index (χ3v) is 4.29. The Balaban J connectivity index is 2.10. The maximum atomic E-state index is 13.2. The van der Waals surface area contributed by atoms with E-state index in [-0.39, 0.29) is 27.3 Å². The zero-order valence-electron chi connectivity index (χ0n) is 13.2. The molecule has 0 radical (unpaired) electrons. The van der Waals surface area contributed by atoms with Crippen molar-refractivity contribution in [3.05, 3.63) is 69.9 Å². The van der Waals surface area contributed by atoms with Crippen molar-refractivity contribution in [3.63, 3.8) is 0 Å². The summed E-state index contributed by atoms with van der Waals surface area (Å²) in [6.45, 7) is 0. The highest BCUT2D eigenvalue weighted by Gasteiger charge is 2.34. The summed E-state index contributed by atoms with van der Waals surface area (Å²) >= 11 is 0. The Morgan fingerprint density at radius 3 is 2.15 bits per heavy atom. The molecule has 138 valence electrons. The first kappa shape index (κ1) is 17.4. The zero-order valence-corrected chi connectivity index (χ0v) is 13.2. The molecule has 0 aliphatic carbocycles. The van der Waals surface area contributed by atoms with Gasteiger partial charge in [0.15, 0.2) is 0 Å². The fourth-order valence-corrected chi connectivity index (χ4v) is 3.05. The maximum absolute atomic E-state index is 13.2. The van der Waals surface area contributed by atoms with Crippen molar-refractivity contribution in [1.82, 2.24) is 0 Å². The number of halogens is 6. The van der Waals surface area contributed by atoms with Crippen LogP contribution in [-0.2, 0) is 12.4 Å². The van der Waals surface area contributed by atoms with E-state index in [1.54, 1.807) is 0 Å². The summed E-state index contributed by atoms with van der Waals surface area (Å²) in [5.41, 5.74) is -3.26. The van der Waals surface area contributed by atoms with Gasteiger partial charge in [0, 0.05) is 0 Å².